The quantitative estimate of drug-likeness (QED) is 0.826. The maximum absolute atomic E-state index is 9.22. The molecule has 0 atom stereocenters. The van der Waals surface area contributed by atoms with Gasteiger partial charge in [-0.15, -0.1) is 0 Å². The summed E-state index contributed by atoms with van der Waals surface area (Å²) in [6.07, 6.45) is 0. The predicted octanol–water partition coefficient (Wildman–Crippen LogP) is 3.96. The zero-order valence-electron chi connectivity index (χ0n) is 13.1. The van der Waals surface area contributed by atoms with Crippen molar-refractivity contribution in [3.8, 4) is 23.3 Å². The summed E-state index contributed by atoms with van der Waals surface area (Å²) in [6.45, 7) is 0.486. The molecule has 0 spiro atoms. The van der Waals surface area contributed by atoms with E-state index in [9.17, 15) is 5.26 Å². The molecule has 5 nitrogen and oxygen atoms in total. The molecule has 6 heteroatoms. The molecule has 0 fully saturated rings. The first-order chi connectivity index (χ1) is 11.1. The van der Waals surface area contributed by atoms with Crippen LogP contribution in [0, 0.1) is 11.3 Å². The van der Waals surface area contributed by atoms with E-state index in [0.29, 0.717) is 29.4 Å². The molecule has 0 aliphatic heterocycles. The lowest BCUT2D eigenvalue weighted by molar-refractivity contribution is 0.347. The fourth-order valence-corrected chi connectivity index (χ4v) is 2.55. The molecule has 0 saturated heterocycles. The van der Waals surface area contributed by atoms with Gasteiger partial charge in [-0.05, 0) is 24.3 Å². The van der Waals surface area contributed by atoms with Crippen molar-refractivity contribution >= 4 is 21.6 Å². The Bertz CT molecular complexity index is 741. The molecular weight excluding hydrogens is 360 g/mol. The van der Waals surface area contributed by atoms with Gasteiger partial charge in [0.05, 0.1) is 32.6 Å². The summed E-state index contributed by atoms with van der Waals surface area (Å²) in [5.74, 6) is 1.92. The van der Waals surface area contributed by atoms with Crippen molar-refractivity contribution in [3.63, 3.8) is 0 Å². The van der Waals surface area contributed by atoms with E-state index in [1.165, 1.54) is 0 Å². The van der Waals surface area contributed by atoms with Crippen LogP contribution in [0.25, 0.3) is 0 Å². The molecule has 0 unspecified atom stereocenters. The van der Waals surface area contributed by atoms with Crippen LogP contribution in [0.5, 0.6) is 17.2 Å². The van der Waals surface area contributed by atoms with E-state index < -0.39 is 0 Å². The van der Waals surface area contributed by atoms with Gasteiger partial charge in [-0.2, -0.15) is 5.26 Å². The van der Waals surface area contributed by atoms with Crippen molar-refractivity contribution in [2.45, 2.75) is 6.54 Å². The molecule has 2 aromatic rings. The minimum Gasteiger partial charge on any atom is -0.496 e. The summed E-state index contributed by atoms with van der Waals surface area (Å²) in [6, 6.07) is 11.3. The van der Waals surface area contributed by atoms with Crippen LogP contribution in [-0.4, -0.2) is 21.3 Å². The average Bonchev–Trinajstić information content (AvgIpc) is 2.59. The third-order valence-electron chi connectivity index (χ3n) is 3.36. The highest BCUT2D eigenvalue weighted by molar-refractivity contribution is 9.10. The lowest BCUT2D eigenvalue weighted by Crippen LogP contribution is -2.04. The minimum absolute atomic E-state index is 0.486. The summed E-state index contributed by atoms with van der Waals surface area (Å²) in [4.78, 5) is 0. The minimum atomic E-state index is 0.486. The Hall–Kier alpha value is -2.39. The van der Waals surface area contributed by atoms with Crippen molar-refractivity contribution in [3.05, 3.63) is 45.9 Å². The van der Waals surface area contributed by atoms with Gasteiger partial charge in [-0.1, -0.05) is 15.9 Å². The number of halogens is 1. The number of nitrogens with one attached hydrogen (secondary N) is 1. The average molecular weight is 377 g/mol. The lowest BCUT2D eigenvalue weighted by atomic mass is 10.1. The molecule has 0 bridgehead atoms. The van der Waals surface area contributed by atoms with Gasteiger partial charge in [0.1, 0.15) is 11.8 Å². The maximum atomic E-state index is 9.22. The topological polar surface area (TPSA) is 63.5 Å². The Morgan fingerprint density at radius 3 is 2.26 bits per heavy atom. The molecule has 0 radical (unpaired) electrons. The van der Waals surface area contributed by atoms with Crippen LogP contribution in [-0.2, 0) is 6.54 Å². The number of nitrogens with zero attached hydrogens (tertiary/aromatic N) is 1. The summed E-state index contributed by atoms with van der Waals surface area (Å²) in [5.41, 5.74) is 2.23. The van der Waals surface area contributed by atoms with Crippen molar-refractivity contribution < 1.29 is 14.2 Å². The Kier molecular flexibility index (Phi) is 5.72. The SMILES string of the molecule is COc1cc(OC)c(OC)cc1CNc1ccc(Br)cc1C#N. The largest absolute Gasteiger partial charge is 0.496 e. The van der Waals surface area contributed by atoms with Crippen LogP contribution in [0.4, 0.5) is 5.69 Å². The van der Waals surface area contributed by atoms with Crippen LogP contribution in [0.3, 0.4) is 0 Å². The van der Waals surface area contributed by atoms with E-state index in [1.807, 2.05) is 18.2 Å². The zero-order chi connectivity index (χ0) is 16.8. The third kappa shape index (κ3) is 3.88. The number of hydrogen-bond acceptors (Lipinski definition) is 5. The highest BCUT2D eigenvalue weighted by atomic mass is 79.9. The molecule has 2 rings (SSSR count). The highest BCUT2D eigenvalue weighted by Gasteiger charge is 2.12. The number of benzene rings is 2. The molecule has 0 saturated carbocycles. The van der Waals surface area contributed by atoms with Gasteiger partial charge >= 0.3 is 0 Å². The number of methoxy groups -OCH3 is 3. The molecule has 1 N–H and O–H groups in total. The van der Waals surface area contributed by atoms with Crippen LogP contribution < -0.4 is 19.5 Å². The molecule has 120 valence electrons. The summed E-state index contributed by atoms with van der Waals surface area (Å²) in [7, 11) is 4.77. The fourth-order valence-electron chi connectivity index (χ4n) is 2.18. The van der Waals surface area contributed by atoms with Gasteiger partial charge in [0.25, 0.3) is 0 Å². The number of anilines is 1. The normalized spacial score (nSPS) is 9.87. The number of nitriles is 1. The van der Waals surface area contributed by atoms with Gasteiger partial charge in [-0.25, -0.2) is 0 Å². The molecule has 23 heavy (non-hydrogen) atoms. The van der Waals surface area contributed by atoms with E-state index in [0.717, 1.165) is 15.7 Å². The van der Waals surface area contributed by atoms with Crippen molar-refractivity contribution in [2.24, 2.45) is 0 Å². The van der Waals surface area contributed by atoms with E-state index in [-0.39, 0.29) is 0 Å². The van der Waals surface area contributed by atoms with Crippen LogP contribution in [0.15, 0.2) is 34.8 Å². The Labute approximate surface area is 143 Å². The zero-order valence-corrected chi connectivity index (χ0v) is 14.7. The summed E-state index contributed by atoms with van der Waals surface area (Å²) < 4.78 is 16.9. The first kappa shape index (κ1) is 17.0. The second-order valence-corrected chi connectivity index (χ2v) is 5.59. The van der Waals surface area contributed by atoms with Crippen molar-refractivity contribution in [1.82, 2.24) is 0 Å². The summed E-state index contributed by atoms with van der Waals surface area (Å²) >= 11 is 3.36. The van der Waals surface area contributed by atoms with E-state index >= 15 is 0 Å². The number of rotatable bonds is 6. The van der Waals surface area contributed by atoms with Crippen LogP contribution >= 0.6 is 15.9 Å². The second kappa shape index (κ2) is 7.75. The molecule has 2 aromatic carbocycles. The molecule has 0 aromatic heterocycles. The first-order valence-electron chi connectivity index (χ1n) is 6.85. The maximum Gasteiger partial charge on any atom is 0.164 e. The Morgan fingerprint density at radius 1 is 1.00 bits per heavy atom. The second-order valence-electron chi connectivity index (χ2n) is 4.67. The first-order valence-corrected chi connectivity index (χ1v) is 7.64. The smallest absolute Gasteiger partial charge is 0.164 e. The van der Waals surface area contributed by atoms with Crippen molar-refractivity contribution in [2.75, 3.05) is 26.6 Å². The number of ether oxygens (including phenoxy) is 3. The predicted molar refractivity (Wildman–Crippen MR) is 92.3 cm³/mol. The van der Waals surface area contributed by atoms with Crippen LogP contribution in [0.1, 0.15) is 11.1 Å². The Morgan fingerprint density at radius 2 is 1.65 bits per heavy atom. The Balaban J connectivity index is 2.28. The van der Waals surface area contributed by atoms with Crippen LogP contribution in [0.2, 0.25) is 0 Å². The van der Waals surface area contributed by atoms with Gasteiger partial charge in [0, 0.05) is 22.6 Å². The molecular formula is C17H17BrN2O3. The van der Waals surface area contributed by atoms with Gasteiger partial charge in [0.2, 0.25) is 0 Å². The van der Waals surface area contributed by atoms with E-state index in [1.54, 1.807) is 33.5 Å². The highest BCUT2D eigenvalue weighted by Crippen LogP contribution is 2.35. The van der Waals surface area contributed by atoms with Crippen molar-refractivity contribution in [1.29, 1.82) is 5.26 Å². The monoisotopic (exact) mass is 376 g/mol. The number of hydrogen-bond donors (Lipinski definition) is 1. The molecule has 0 aliphatic rings. The third-order valence-corrected chi connectivity index (χ3v) is 3.85. The molecule has 0 heterocycles. The standard InChI is InChI=1S/C17H17BrN2O3/c1-21-15-8-17(23-3)16(22-2)7-12(15)10-20-14-5-4-13(18)6-11(14)9-19/h4-8,20H,10H2,1-3H3. The summed E-state index contributed by atoms with van der Waals surface area (Å²) in [5, 5.41) is 12.5. The van der Waals surface area contributed by atoms with E-state index in [2.05, 4.69) is 27.3 Å². The fraction of sp³-hybridized carbons (Fsp3) is 0.235. The molecule has 0 amide bonds. The van der Waals surface area contributed by atoms with Gasteiger partial charge < -0.3 is 19.5 Å². The van der Waals surface area contributed by atoms with Gasteiger partial charge in [-0.3, -0.25) is 0 Å². The van der Waals surface area contributed by atoms with Gasteiger partial charge in [0.15, 0.2) is 11.5 Å². The lowest BCUT2D eigenvalue weighted by Gasteiger charge is -2.15. The van der Waals surface area contributed by atoms with E-state index in [4.69, 9.17) is 14.2 Å². The molecule has 0 aliphatic carbocycles.